The van der Waals surface area contributed by atoms with Crippen LogP contribution in [0.2, 0.25) is 0 Å². The first-order valence-electron chi connectivity index (χ1n) is 8.55. The van der Waals surface area contributed by atoms with Crippen molar-refractivity contribution in [2.24, 2.45) is 0 Å². The fourth-order valence-corrected chi connectivity index (χ4v) is 3.03. The van der Waals surface area contributed by atoms with Gasteiger partial charge in [-0.15, -0.1) is 4.83 Å². The average molecular weight is 406 g/mol. The first-order valence-corrected chi connectivity index (χ1v) is 10.0. The molecule has 0 saturated heterocycles. The van der Waals surface area contributed by atoms with Crippen molar-refractivity contribution in [3.05, 3.63) is 54.1 Å². The number of ether oxygens (including phenoxy) is 2. The average Bonchev–Trinajstić information content (AvgIpc) is 2.68. The van der Waals surface area contributed by atoms with Crippen LogP contribution in [-0.4, -0.2) is 32.8 Å². The highest BCUT2D eigenvalue weighted by Gasteiger charge is 2.19. The second-order valence-corrected chi connectivity index (χ2v) is 7.52. The van der Waals surface area contributed by atoms with Gasteiger partial charge in [0.15, 0.2) is 11.9 Å². The lowest BCUT2D eigenvalue weighted by Crippen LogP contribution is -2.47. The molecular formula is C19H22N2O6S. The molecule has 8 nitrogen and oxygen atoms in total. The summed E-state index contributed by atoms with van der Waals surface area (Å²) in [5.74, 6) is 0.271. The van der Waals surface area contributed by atoms with E-state index < -0.39 is 22.0 Å². The summed E-state index contributed by atoms with van der Waals surface area (Å²) in [5, 5.41) is 0. The number of rotatable bonds is 9. The van der Waals surface area contributed by atoms with E-state index in [1.165, 1.54) is 38.1 Å². The second kappa shape index (κ2) is 9.34. The summed E-state index contributed by atoms with van der Waals surface area (Å²) in [6.07, 6.45) is -0.944. The van der Waals surface area contributed by atoms with E-state index in [1.807, 2.05) is 11.8 Å². The third-order valence-corrected chi connectivity index (χ3v) is 4.96. The van der Waals surface area contributed by atoms with Crippen molar-refractivity contribution in [2.45, 2.75) is 31.8 Å². The van der Waals surface area contributed by atoms with Gasteiger partial charge in [-0.3, -0.25) is 15.0 Å². The lowest BCUT2D eigenvalue weighted by molar-refractivity contribution is -0.127. The third-order valence-electron chi connectivity index (χ3n) is 3.70. The number of hydrogen-bond acceptors (Lipinski definition) is 6. The van der Waals surface area contributed by atoms with Crippen LogP contribution in [0.3, 0.4) is 0 Å². The maximum absolute atomic E-state index is 12.2. The van der Waals surface area contributed by atoms with E-state index in [0.29, 0.717) is 23.7 Å². The zero-order chi connectivity index (χ0) is 20.7. The summed E-state index contributed by atoms with van der Waals surface area (Å²) < 4.78 is 35.3. The molecule has 0 spiro atoms. The summed E-state index contributed by atoms with van der Waals surface area (Å²) in [6, 6.07) is 12.1. The van der Waals surface area contributed by atoms with E-state index in [4.69, 9.17) is 9.47 Å². The van der Waals surface area contributed by atoms with Gasteiger partial charge in [0.1, 0.15) is 11.5 Å². The molecule has 0 unspecified atom stereocenters. The Hall–Kier alpha value is -2.91. The molecule has 2 aromatic carbocycles. The molecule has 0 aliphatic rings. The predicted octanol–water partition coefficient (Wildman–Crippen LogP) is 2.06. The Balaban J connectivity index is 1.93. The van der Waals surface area contributed by atoms with E-state index >= 15 is 0 Å². The van der Waals surface area contributed by atoms with Crippen molar-refractivity contribution in [1.29, 1.82) is 0 Å². The SMILES string of the molecule is CCOc1ccc(O[C@H](C)C(=O)NNS(=O)(=O)c2ccc(C(C)=O)cc2)cc1. The van der Waals surface area contributed by atoms with E-state index in [-0.39, 0.29) is 10.7 Å². The molecule has 2 aromatic rings. The lowest BCUT2D eigenvalue weighted by Gasteiger charge is -2.15. The topological polar surface area (TPSA) is 111 Å². The van der Waals surface area contributed by atoms with E-state index in [0.717, 1.165) is 0 Å². The Bertz CT molecular complexity index is 924. The van der Waals surface area contributed by atoms with Gasteiger partial charge in [-0.05, 0) is 57.2 Å². The van der Waals surface area contributed by atoms with Crippen LogP contribution >= 0.6 is 0 Å². The number of benzene rings is 2. The Morgan fingerprint density at radius 3 is 2.11 bits per heavy atom. The predicted molar refractivity (Wildman–Crippen MR) is 103 cm³/mol. The first-order chi connectivity index (χ1) is 13.2. The van der Waals surface area contributed by atoms with Crippen LogP contribution in [-0.2, 0) is 14.8 Å². The number of sulfonamides is 1. The molecule has 1 amide bonds. The maximum atomic E-state index is 12.2. The molecule has 28 heavy (non-hydrogen) atoms. The zero-order valence-corrected chi connectivity index (χ0v) is 16.6. The molecule has 150 valence electrons. The number of ketones is 1. The normalized spacial score (nSPS) is 12.1. The number of hydrogen-bond donors (Lipinski definition) is 2. The summed E-state index contributed by atoms with van der Waals surface area (Å²) in [5.41, 5.74) is 2.51. The molecule has 1 atom stereocenters. The van der Waals surface area contributed by atoms with Crippen LogP contribution in [0.15, 0.2) is 53.4 Å². The summed E-state index contributed by atoms with van der Waals surface area (Å²) in [7, 11) is -3.98. The van der Waals surface area contributed by atoms with Crippen molar-refractivity contribution >= 4 is 21.7 Å². The number of nitrogens with one attached hydrogen (secondary N) is 2. The molecule has 0 heterocycles. The van der Waals surface area contributed by atoms with Crippen molar-refractivity contribution in [3.63, 3.8) is 0 Å². The minimum atomic E-state index is -3.98. The van der Waals surface area contributed by atoms with Crippen LogP contribution in [0.4, 0.5) is 0 Å². The number of hydrazine groups is 1. The molecule has 0 bridgehead atoms. The molecule has 0 saturated carbocycles. The Morgan fingerprint density at radius 2 is 1.57 bits per heavy atom. The van der Waals surface area contributed by atoms with Crippen molar-refractivity contribution in [3.8, 4) is 11.5 Å². The Morgan fingerprint density at radius 1 is 1.00 bits per heavy atom. The van der Waals surface area contributed by atoms with E-state index in [1.54, 1.807) is 24.3 Å². The summed E-state index contributed by atoms with van der Waals surface area (Å²) in [6.45, 7) is 5.28. The highest BCUT2D eigenvalue weighted by atomic mass is 32.2. The summed E-state index contributed by atoms with van der Waals surface area (Å²) in [4.78, 5) is 25.3. The number of Topliss-reactive ketones (excluding diaryl/α,β-unsaturated/α-hetero) is 1. The monoisotopic (exact) mass is 406 g/mol. The third kappa shape index (κ3) is 5.80. The smallest absolute Gasteiger partial charge is 0.275 e. The molecule has 0 aliphatic carbocycles. The van der Waals surface area contributed by atoms with Gasteiger partial charge in [-0.25, -0.2) is 8.42 Å². The largest absolute Gasteiger partial charge is 0.494 e. The Labute approximate surface area is 163 Å². The van der Waals surface area contributed by atoms with Crippen molar-refractivity contribution in [1.82, 2.24) is 10.3 Å². The van der Waals surface area contributed by atoms with Gasteiger partial charge in [0.2, 0.25) is 0 Å². The molecular weight excluding hydrogens is 384 g/mol. The second-order valence-electron chi connectivity index (χ2n) is 5.84. The van der Waals surface area contributed by atoms with Crippen molar-refractivity contribution in [2.75, 3.05) is 6.61 Å². The van der Waals surface area contributed by atoms with E-state index in [9.17, 15) is 18.0 Å². The molecule has 2 rings (SSSR count). The zero-order valence-electron chi connectivity index (χ0n) is 15.8. The standard InChI is InChI=1S/C19H22N2O6S/c1-4-26-16-7-9-17(10-8-16)27-14(3)19(23)20-21-28(24,25)18-11-5-15(6-12-18)13(2)22/h5-12,14,21H,4H2,1-3H3,(H,20,23)/t14-/m1/s1. The van der Waals surface area contributed by atoms with Gasteiger partial charge in [0.25, 0.3) is 15.9 Å². The minimum Gasteiger partial charge on any atom is -0.494 e. The van der Waals surface area contributed by atoms with Gasteiger partial charge >= 0.3 is 0 Å². The van der Waals surface area contributed by atoms with Crippen LogP contribution in [0.5, 0.6) is 11.5 Å². The lowest BCUT2D eigenvalue weighted by atomic mass is 10.2. The van der Waals surface area contributed by atoms with E-state index in [2.05, 4.69) is 5.43 Å². The van der Waals surface area contributed by atoms with Gasteiger partial charge in [0, 0.05) is 5.56 Å². The van der Waals surface area contributed by atoms with Crippen LogP contribution in [0, 0.1) is 0 Å². The van der Waals surface area contributed by atoms with Gasteiger partial charge in [-0.2, -0.15) is 0 Å². The van der Waals surface area contributed by atoms with Crippen LogP contribution in [0.25, 0.3) is 0 Å². The quantitative estimate of drug-likeness (QED) is 0.487. The molecule has 0 aliphatic heterocycles. The number of carbonyl (C=O) groups excluding carboxylic acids is 2. The molecule has 0 aromatic heterocycles. The fourth-order valence-electron chi connectivity index (χ4n) is 2.19. The Kier molecular flexibility index (Phi) is 7.13. The highest BCUT2D eigenvalue weighted by Crippen LogP contribution is 2.18. The van der Waals surface area contributed by atoms with Crippen LogP contribution in [0.1, 0.15) is 31.1 Å². The molecule has 9 heteroatoms. The first kappa shape index (κ1) is 21.4. The van der Waals surface area contributed by atoms with Gasteiger partial charge < -0.3 is 9.47 Å². The van der Waals surface area contributed by atoms with Crippen molar-refractivity contribution < 1.29 is 27.5 Å². The molecule has 2 N–H and O–H groups in total. The fraction of sp³-hybridized carbons (Fsp3) is 0.263. The molecule has 0 radical (unpaired) electrons. The highest BCUT2D eigenvalue weighted by molar-refractivity contribution is 7.89. The number of amides is 1. The van der Waals surface area contributed by atoms with Crippen LogP contribution < -0.4 is 19.7 Å². The number of carbonyl (C=O) groups is 2. The molecule has 0 fully saturated rings. The maximum Gasteiger partial charge on any atom is 0.275 e. The minimum absolute atomic E-state index is 0.0853. The van der Waals surface area contributed by atoms with Gasteiger partial charge in [0.05, 0.1) is 11.5 Å². The van der Waals surface area contributed by atoms with Gasteiger partial charge in [-0.1, -0.05) is 12.1 Å². The summed E-state index contributed by atoms with van der Waals surface area (Å²) >= 11 is 0.